The van der Waals surface area contributed by atoms with Crippen LogP contribution in [0.15, 0.2) is 18.2 Å². The van der Waals surface area contributed by atoms with Crippen LogP contribution in [0.1, 0.15) is 51.8 Å². The Bertz CT molecular complexity index is 746. The van der Waals surface area contributed by atoms with Gasteiger partial charge in [0.25, 0.3) is 0 Å². The summed E-state index contributed by atoms with van der Waals surface area (Å²) in [4.78, 5) is 16.2. The smallest absolute Gasteiger partial charge is 0.306 e. The molecule has 1 unspecified atom stereocenters. The van der Waals surface area contributed by atoms with Gasteiger partial charge in [-0.3, -0.25) is 4.79 Å². The third-order valence-corrected chi connectivity index (χ3v) is 4.08. The molecular formula is C19H25F2N3O2. The van der Waals surface area contributed by atoms with Crippen molar-refractivity contribution in [3.8, 4) is 11.4 Å². The highest BCUT2D eigenvalue weighted by atomic mass is 19.1. The molecule has 142 valence electrons. The van der Waals surface area contributed by atoms with Gasteiger partial charge in [0, 0.05) is 19.5 Å². The lowest BCUT2D eigenvalue weighted by atomic mass is 10.1. The lowest BCUT2D eigenvalue weighted by molar-refractivity contribution is -0.148. The molecule has 0 aliphatic rings. The highest BCUT2D eigenvalue weighted by Crippen LogP contribution is 2.21. The van der Waals surface area contributed by atoms with Gasteiger partial charge in [-0.25, -0.2) is 18.4 Å². The maximum atomic E-state index is 13.9. The SMILES string of the molecule is CCCCCC(C)OC(=O)CCc1nc(-c2ccc(F)cc2F)n(C)n1. The summed E-state index contributed by atoms with van der Waals surface area (Å²) in [6.45, 7) is 4.02. The lowest BCUT2D eigenvalue weighted by Crippen LogP contribution is -2.15. The van der Waals surface area contributed by atoms with E-state index in [2.05, 4.69) is 17.0 Å². The Morgan fingerprint density at radius 1 is 1.31 bits per heavy atom. The number of halogens is 2. The predicted octanol–water partition coefficient (Wildman–Crippen LogP) is 4.20. The first-order chi connectivity index (χ1) is 12.4. The molecule has 0 spiro atoms. The van der Waals surface area contributed by atoms with Crippen LogP contribution in [0.4, 0.5) is 8.78 Å². The molecule has 1 aromatic carbocycles. The topological polar surface area (TPSA) is 57.0 Å². The van der Waals surface area contributed by atoms with Gasteiger partial charge in [-0.2, -0.15) is 5.10 Å². The molecular weight excluding hydrogens is 340 g/mol. The fraction of sp³-hybridized carbons (Fsp3) is 0.526. The largest absolute Gasteiger partial charge is 0.463 e. The van der Waals surface area contributed by atoms with Gasteiger partial charge in [0.2, 0.25) is 0 Å². The number of hydrogen-bond acceptors (Lipinski definition) is 4. The number of aryl methyl sites for hydroxylation is 2. The number of esters is 1. The number of carbonyl (C=O) groups excluding carboxylic acids is 1. The van der Waals surface area contributed by atoms with Crippen LogP contribution < -0.4 is 0 Å². The summed E-state index contributed by atoms with van der Waals surface area (Å²) in [5.74, 6) is -0.937. The summed E-state index contributed by atoms with van der Waals surface area (Å²) in [5, 5.41) is 4.20. The molecule has 0 saturated heterocycles. The molecule has 0 bridgehead atoms. The van der Waals surface area contributed by atoms with Gasteiger partial charge in [0.05, 0.1) is 18.1 Å². The third-order valence-electron chi connectivity index (χ3n) is 4.08. The molecule has 0 amide bonds. The number of rotatable bonds is 9. The van der Waals surface area contributed by atoms with E-state index in [1.54, 1.807) is 7.05 Å². The second kappa shape index (κ2) is 9.40. The predicted molar refractivity (Wildman–Crippen MR) is 94.4 cm³/mol. The molecule has 1 heterocycles. The fourth-order valence-electron chi connectivity index (χ4n) is 2.69. The maximum Gasteiger partial charge on any atom is 0.306 e. The standard InChI is InChI=1S/C19H25F2N3O2/c1-4-5-6-7-13(2)26-18(25)11-10-17-22-19(24(3)23-17)15-9-8-14(20)12-16(15)21/h8-9,12-13H,4-7,10-11H2,1-3H3. The number of benzene rings is 1. The van der Waals surface area contributed by atoms with Gasteiger partial charge in [-0.1, -0.05) is 19.8 Å². The summed E-state index contributed by atoms with van der Waals surface area (Å²) < 4.78 is 33.8. The Kier molecular flexibility index (Phi) is 7.24. The molecule has 5 nitrogen and oxygen atoms in total. The van der Waals surface area contributed by atoms with Crippen LogP contribution in [0.3, 0.4) is 0 Å². The summed E-state index contributed by atoms with van der Waals surface area (Å²) in [5.41, 5.74) is 0.166. The van der Waals surface area contributed by atoms with E-state index in [9.17, 15) is 13.6 Å². The molecule has 2 aromatic rings. The quantitative estimate of drug-likeness (QED) is 0.493. The van der Waals surface area contributed by atoms with E-state index in [1.807, 2.05) is 6.92 Å². The van der Waals surface area contributed by atoms with Crippen LogP contribution in [0, 0.1) is 11.6 Å². The zero-order chi connectivity index (χ0) is 19.1. The van der Waals surface area contributed by atoms with Crippen molar-refractivity contribution in [2.45, 2.75) is 58.5 Å². The normalized spacial score (nSPS) is 12.2. The summed E-state index contributed by atoms with van der Waals surface area (Å²) in [6.07, 6.45) is 4.51. The van der Waals surface area contributed by atoms with Crippen molar-refractivity contribution < 1.29 is 18.3 Å². The molecule has 0 aliphatic heterocycles. The number of hydrogen-bond donors (Lipinski definition) is 0. The minimum atomic E-state index is -0.702. The van der Waals surface area contributed by atoms with Crippen LogP contribution in [-0.2, 0) is 23.0 Å². The molecule has 1 aromatic heterocycles. The monoisotopic (exact) mass is 365 g/mol. The third kappa shape index (κ3) is 5.61. The van der Waals surface area contributed by atoms with E-state index in [0.717, 1.165) is 31.7 Å². The van der Waals surface area contributed by atoms with Crippen LogP contribution in [0.25, 0.3) is 11.4 Å². The first-order valence-corrected chi connectivity index (χ1v) is 8.95. The minimum absolute atomic E-state index is 0.102. The van der Waals surface area contributed by atoms with Gasteiger partial charge in [-0.05, 0) is 31.9 Å². The minimum Gasteiger partial charge on any atom is -0.463 e. The van der Waals surface area contributed by atoms with E-state index < -0.39 is 11.6 Å². The van der Waals surface area contributed by atoms with Crippen LogP contribution in [-0.4, -0.2) is 26.8 Å². The summed E-state index contributed by atoms with van der Waals surface area (Å²) in [7, 11) is 1.63. The Balaban J connectivity index is 1.92. The molecule has 0 aliphatic carbocycles. The Labute approximate surface area is 152 Å². The molecule has 2 rings (SSSR count). The zero-order valence-corrected chi connectivity index (χ0v) is 15.5. The van der Waals surface area contributed by atoms with E-state index in [4.69, 9.17) is 4.74 Å². The summed E-state index contributed by atoms with van der Waals surface area (Å²) >= 11 is 0. The van der Waals surface area contributed by atoms with Crippen molar-refractivity contribution in [2.24, 2.45) is 7.05 Å². The highest BCUT2D eigenvalue weighted by Gasteiger charge is 2.16. The van der Waals surface area contributed by atoms with E-state index >= 15 is 0 Å². The van der Waals surface area contributed by atoms with Crippen LogP contribution in [0.2, 0.25) is 0 Å². The number of ether oxygens (including phenoxy) is 1. The first kappa shape index (κ1) is 20.0. The van der Waals surface area contributed by atoms with Gasteiger partial charge in [0.15, 0.2) is 11.6 Å². The van der Waals surface area contributed by atoms with E-state index in [0.29, 0.717) is 18.1 Å². The number of unbranched alkanes of at least 4 members (excludes halogenated alkanes) is 2. The average Bonchev–Trinajstić information content (AvgIpc) is 2.94. The van der Waals surface area contributed by atoms with Crippen LogP contribution >= 0.6 is 0 Å². The molecule has 0 fully saturated rings. The molecule has 0 N–H and O–H groups in total. The van der Waals surface area contributed by atoms with Crippen molar-refractivity contribution in [2.75, 3.05) is 0 Å². The van der Waals surface area contributed by atoms with Crippen molar-refractivity contribution in [1.29, 1.82) is 0 Å². The highest BCUT2D eigenvalue weighted by molar-refractivity contribution is 5.69. The zero-order valence-electron chi connectivity index (χ0n) is 15.5. The van der Waals surface area contributed by atoms with Gasteiger partial charge in [-0.15, -0.1) is 0 Å². The van der Waals surface area contributed by atoms with Gasteiger partial charge < -0.3 is 4.74 Å². The first-order valence-electron chi connectivity index (χ1n) is 8.95. The molecule has 0 saturated carbocycles. The molecule has 1 atom stereocenters. The summed E-state index contributed by atoms with van der Waals surface area (Å²) in [6, 6.07) is 3.30. The number of nitrogens with zero attached hydrogens (tertiary/aromatic N) is 3. The van der Waals surface area contributed by atoms with Crippen molar-refractivity contribution in [3.63, 3.8) is 0 Å². The van der Waals surface area contributed by atoms with Crippen LogP contribution in [0.5, 0.6) is 0 Å². The maximum absolute atomic E-state index is 13.9. The Morgan fingerprint density at radius 3 is 2.77 bits per heavy atom. The molecule has 0 radical (unpaired) electrons. The van der Waals surface area contributed by atoms with Gasteiger partial charge in [0.1, 0.15) is 11.6 Å². The Morgan fingerprint density at radius 2 is 2.08 bits per heavy atom. The molecule has 7 heteroatoms. The molecule has 26 heavy (non-hydrogen) atoms. The van der Waals surface area contributed by atoms with Gasteiger partial charge >= 0.3 is 5.97 Å². The van der Waals surface area contributed by atoms with Crippen molar-refractivity contribution in [1.82, 2.24) is 14.8 Å². The van der Waals surface area contributed by atoms with E-state index in [1.165, 1.54) is 16.8 Å². The second-order valence-corrected chi connectivity index (χ2v) is 6.40. The number of aromatic nitrogens is 3. The van der Waals surface area contributed by atoms with Crippen molar-refractivity contribution >= 4 is 5.97 Å². The number of carbonyl (C=O) groups is 1. The van der Waals surface area contributed by atoms with Crippen molar-refractivity contribution in [3.05, 3.63) is 35.7 Å². The van der Waals surface area contributed by atoms with E-state index in [-0.39, 0.29) is 24.1 Å². The average molecular weight is 365 g/mol. The Hall–Kier alpha value is -2.31. The second-order valence-electron chi connectivity index (χ2n) is 6.40. The lowest BCUT2D eigenvalue weighted by Gasteiger charge is -2.12. The fourth-order valence-corrected chi connectivity index (χ4v) is 2.69.